The lowest BCUT2D eigenvalue weighted by molar-refractivity contribution is -0.115. The third-order valence-corrected chi connectivity index (χ3v) is 4.22. The Morgan fingerprint density at radius 2 is 2.05 bits per heavy atom. The largest absolute Gasteiger partial charge is 0.465 e. The number of halogens is 1. The highest BCUT2D eigenvalue weighted by Crippen LogP contribution is 2.26. The molecule has 3 rings (SSSR count). The third kappa shape index (κ3) is 3.78. The minimum absolute atomic E-state index is 0.148. The molecule has 1 N–H and O–H groups in total. The van der Waals surface area contributed by atoms with Gasteiger partial charge in [-0.05, 0) is 60.3 Å². The first kappa shape index (κ1) is 14.9. The molecule has 0 bridgehead atoms. The van der Waals surface area contributed by atoms with Gasteiger partial charge in [-0.3, -0.25) is 4.79 Å². The van der Waals surface area contributed by atoms with Gasteiger partial charge in [0.2, 0.25) is 0 Å². The number of amidine groups is 1. The molecule has 1 amide bonds. The average Bonchev–Trinajstić information content (AvgIpc) is 3.12. The summed E-state index contributed by atoms with van der Waals surface area (Å²) in [5.74, 6) is 0.592. The second-order valence-electron chi connectivity index (χ2n) is 4.36. The monoisotopic (exact) mass is 374 g/mol. The SMILES string of the molecule is O=C1NC(=Nc2ccc(Br)cc2)S/C1=C\C=C\c1ccco1. The van der Waals surface area contributed by atoms with Gasteiger partial charge in [0.05, 0.1) is 16.9 Å². The van der Waals surface area contributed by atoms with E-state index < -0.39 is 0 Å². The molecule has 0 radical (unpaired) electrons. The Labute approximate surface area is 140 Å². The van der Waals surface area contributed by atoms with Gasteiger partial charge in [-0.1, -0.05) is 22.0 Å². The van der Waals surface area contributed by atoms with Crippen LogP contribution in [0.25, 0.3) is 6.08 Å². The Hall–Kier alpha value is -2.05. The molecular formula is C16H11BrN2O2S. The Morgan fingerprint density at radius 1 is 1.23 bits per heavy atom. The van der Waals surface area contributed by atoms with Crippen LogP contribution in [0.3, 0.4) is 0 Å². The molecule has 2 heterocycles. The Balaban J connectivity index is 1.71. The first-order valence-electron chi connectivity index (χ1n) is 6.46. The molecule has 1 aliphatic heterocycles. The fourth-order valence-corrected chi connectivity index (χ4v) is 2.80. The van der Waals surface area contributed by atoms with E-state index in [-0.39, 0.29) is 5.91 Å². The number of nitrogens with one attached hydrogen (secondary N) is 1. The molecule has 0 atom stereocenters. The predicted octanol–water partition coefficient (Wildman–Crippen LogP) is 4.49. The van der Waals surface area contributed by atoms with Crippen molar-refractivity contribution < 1.29 is 9.21 Å². The van der Waals surface area contributed by atoms with E-state index in [4.69, 9.17) is 4.42 Å². The van der Waals surface area contributed by atoms with Crippen LogP contribution < -0.4 is 5.32 Å². The molecule has 4 nitrogen and oxygen atoms in total. The Bertz CT molecular complexity index is 762. The van der Waals surface area contributed by atoms with Gasteiger partial charge in [0.25, 0.3) is 5.91 Å². The number of amides is 1. The van der Waals surface area contributed by atoms with Crippen molar-refractivity contribution in [3.8, 4) is 0 Å². The van der Waals surface area contributed by atoms with Gasteiger partial charge in [-0.25, -0.2) is 4.99 Å². The fraction of sp³-hybridized carbons (Fsp3) is 0. The lowest BCUT2D eigenvalue weighted by atomic mass is 10.3. The first-order valence-corrected chi connectivity index (χ1v) is 8.07. The topological polar surface area (TPSA) is 54.6 Å². The molecule has 0 aliphatic carbocycles. The highest BCUT2D eigenvalue weighted by Gasteiger charge is 2.22. The highest BCUT2D eigenvalue weighted by atomic mass is 79.9. The van der Waals surface area contributed by atoms with Crippen LogP contribution in [-0.2, 0) is 4.79 Å². The molecule has 2 aromatic rings. The van der Waals surface area contributed by atoms with E-state index >= 15 is 0 Å². The molecule has 0 saturated carbocycles. The predicted molar refractivity (Wildman–Crippen MR) is 92.8 cm³/mol. The van der Waals surface area contributed by atoms with Gasteiger partial charge >= 0.3 is 0 Å². The smallest absolute Gasteiger partial charge is 0.264 e. The van der Waals surface area contributed by atoms with Crippen molar-refractivity contribution in [2.24, 2.45) is 4.99 Å². The Kier molecular flexibility index (Phi) is 4.60. The molecule has 110 valence electrons. The number of hydrogen-bond acceptors (Lipinski definition) is 4. The fourth-order valence-electron chi connectivity index (χ4n) is 1.74. The van der Waals surface area contributed by atoms with Gasteiger partial charge in [0.15, 0.2) is 5.17 Å². The van der Waals surface area contributed by atoms with Crippen molar-refractivity contribution in [2.75, 3.05) is 0 Å². The number of carbonyl (C=O) groups excluding carboxylic acids is 1. The summed E-state index contributed by atoms with van der Waals surface area (Å²) >= 11 is 4.69. The van der Waals surface area contributed by atoms with E-state index in [1.54, 1.807) is 24.5 Å². The molecule has 1 aromatic heterocycles. The number of nitrogens with zero attached hydrogens (tertiary/aromatic N) is 1. The molecule has 0 spiro atoms. The second kappa shape index (κ2) is 6.81. The van der Waals surface area contributed by atoms with Crippen LogP contribution in [0.1, 0.15) is 5.76 Å². The maximum absolute atomic E-state index is 11.9. The van der Waals surface area contributed by atoms with Crippen LogP contribution in [0.5, 0.6) is 0 Å². The maximum atomic E-state index is 11.9. The summed E-state index contributed by atoms with van der Waals surface area (Å²) in [7, 11) is 0. The number of thioether (sulfide) groups is 1. The highest BCUT2D eigenvalue weighted by molar-refractivity contribution is 9.10. The zero-order valence-electron chi connectivity index (χ0n) is 11.3. The zero-order chi connectivity index (χ0) is 15.4. The number of allylic oxidation sites excluding steroid dienone is 2. The molecule has 1 aliphatic rings. The molecule has 1 saturated heterocycles. The van der Waals surface area contributed by atoms with E-state index in [0.717, 1.165) is 15.9 Å². The van der Waals surface area contributed by atoms with Gasteiger partial charge < -0.3 is 9.73 Å². The van der Waals surface area contributed by atoms with Crippen molar-refractivity contribution in [2.45, 2.75) is 0 Å². The van der Waals surface area contributed by atoms with Crippen LogP contribution in [0.2, 0.25) is 0 Å². The van der Waals surface area contributed by atoms with Crippen molar-refractivity contribution in [1.29, 1.82) is 0 Å². The average molecular weight is 375 g/mol. The van der Waals surface area contributed by atoms with Gasteiger partial charge in [0.1, 0.15) is 5.76 Å². The molecule has 1 aromatic carbocycles. The molecule has 6 heteroatoms. The van der Waals surface area contributed by atoms with Gasteiger partial charge in [-0.15, -0.1) is 0 Å². The van der Waals surface area contributed by atoms with E-state index in [2.05, 4.69) is 26.2 Å². The quantitative estimate of drug-likeness (QED) is 0.805. The number of aliphatic imine (C=N–C) groups is 1. The van der Waals surface area contributed by atoms with E-state index in [0.29, 0.717) is 10.1 Å². The lowest BCUT2D eigenvalue weighted by Gasteiger charge is -1.96. The van der Waals surface area contributed by atoms with Crippen LogP contribution in [-0.4, -0.2) is 11.1 Å². The lowest BCUT2D eigenvalue weighted by Crippen LogP contribution is -2.19. The number of carbonyl (C=O) groups is 1. The maximum Gasteiger partial charge on any atom is 0.264 e. The van der Waals surface area contributed by atoms with Gasteiger partial charge in [-0.2, -0.15) is 0 Å². The first-order chi connectivity index (χ1) is 10.7. The Morgan fingerprint density at radius 3 is 2.77 bits per heavy atom. The third-order valence-electron chi connectivity index (χ3n) is 2.76. The summed E-state index contributed by atoms with van der Waals surface area (Å²) in [5, 5.41) is 3.32. The van der Waals surface area contributed by atoms with Crippen molar-refractivity contribution in [3.05, 3.63) is 70.0 Å². The number of benzene rings is 1. The van der Waals surface area contributed by atoms with Crippen molar-refractivity contribution in [1.82, 2.24) is 5.32 Å². The second-order valence-corrected chi connectivity index (χ2v) is 6.30. The summed E-state index contributed by atoms with van der Waals surface area (Å²) in [6.07, 6.45) is 6.92. The van der Waals surface area contributed by atoms with Crippen molar-refractivity contribution in [3.63, 3.8) is 0 Å². The van der Waals surface area contributed by atoms with Crippen LogP contribution in [0, 0.1) is 0 Å². The summed E-state index contributed by atoms with van der Waals surface area (Å²) in [6.45, 7) is 0. The van der Waals surface area contributed by atoms with Crippen LogP contribution in [0.4, 0.5) is 5.69 Å². The minimum Gasteiger partial charge on any atom is -0.465 e. The molecule has 0 unspecified atom stereocenters. The summed E-state index contributed by atoms with van der Waals surface area (Å²) < 4.78 is 6.17. The summed E-state index contributed by atoms with van der Waals surface area (Å²) in [4.78, 5) is 16.9. The zero-order valence-corrected chi connectivity index (χ0v) is 13.7. The number of furan rings is 1. The standard InChI is InChI=1S/C16H11BrN2O2S/c17-11-6-8-12(9-7-11)18-16-19-15(20)14(22-16)5-1-3-13-4-2-10-21-13/h1-10H,(H,18,19,20)/b3-1+,14-5-. The van der Waals surface area contributed by atoms with Gasteiger partial charge in [0, 0.05) is 4.47 Å². The molecule has 22 heavy (non-hydrogen) atoms. The van der Waals surface area contributed by atoms with Crippen LogP contribution in [0.15, 0.2) is 73.6 Å². The number of hydrogen-bond donors (Lipinski definition) is 1. The van der Waals surface area contributed by atoms with Crippen molar-refractivity contribution >= 4 is 50.5 Å². The summed E-state index contributed by atoms with van der Waals surface area (Å²) in [6, 6.07) is 11.2. The summed E-state index contributed by atoms with van der Waals surface area (Å²) in [5.41, 5.74) is 0.790. The van der Waals surface area contributed by atoms with E-state index in [9.17, 15) is 4.79 Å². The minimum atomic E-state index is -0.148. The van der Waals surface area contributed by atoms with E-state index in [1.807, 2.05) is 36.4 Å². The molecule has 1 fully saturated rings. The molecular weight excluding hydrogens is 364 g/mol. The number of rotatable bonds is 3. The van der Waals surface area contributed by atoms with E-state index in [1.165, 1.54) is 11.8 Å². The van der Waals surface area contributed by atoms with Crippen LogP contribution >= 0.6 is 27.7 Å². The normalized spacial score (nSPS) is 18.5.